The standard InChI is InChI=1S/C11H8Br2O3S/c1-15-9-5-3-8(11(14)16-2)17-10(5)7(13)4-6(9)12/h3-4H,1-2H3. The summed E-state index contributed by atoms with van der Waals surface area (Å²) < 4.78 is 12.8. The van der Waals surface area contributed by atoms with Gasteiger partial charge >= 0.3 is 5.97 Å². The Morgan fingerprint density at radius 3 is 2.53 bits per heavy atom. The van der Waals surface area contributed by atoms with E-state index < -0.39 is 0 Å². The first kappa shape index (κ1) is 12.9. The maximum atomic E-state index is 11.5. The van der Waals surface area contributed by atoms with Crippen LogP contribution in [0.25, 0.3) is 10.1 Å². The molecule has 2 aromatic rings. The van der Waals surface area contributed by atoms with Crippen molar-refractivity contribution < 1.29 is 14.3 Å². The molecule has 0 unspecified atom stereocenters. The third-order valence-corrected chi connectivity index (χ3v) is 4.88. The van der Waals surface area contributed by atoms with Gasteiger partial charge in [0.15, 0.2) is 0 Å². The molecule has 0 fully saturated rings. The van der Waals surface area contributed by atoms with Crippen molar-refractivity contribution in [3.8, 4) is 5.75 Å². The van der Waals surface area contributed by atoms with Gasteiger partial charge < -0.3 is 9.47 Å². The van der Waals surface area contributed by atoms with Crippen molar-refractivity contribution in [3.05, 3.63) is 26.0 Å². The summed E-state index contributed by atoms with van der Waals surface area (Å²) in [7, 11) is 2.97. The van der Waals surface area contributed by atoms with E-state index in [9.17, 15) is 4.79 Å². The van der Waals surface area contributed by atoms with Crippen LogP contribution in [0.4, 0.5) is 0 Å². The van der Waals surface area contributed by atoms with Gasteiger partial charge in [0.2, 0.25) is 0 Å². The minimum absolute atomic E-state index is 0.337. The first-order valence-electron chi connectivity index (χ1n) is 4.62. The summed E-state index contributed by atoms with van der Waals surface area (Å²) in [6, 6.07) is 3.68. The fourth-order valence-electron chi connectivity index (χ4n) is 1.52. The van der Waals surface area contributed by atoms with E-state index in [0.717, 1.165) is 24.8 Å². The summed E-state index contributed by atoms with van der Waals surface area (Å²) in [5.74, 6) is 0.380. The highest BCUT2D eigenvalue weighted by Gasteiger charge is 2.17. The predicted molar refractivity (Wildman–Crippen MR) is 75.1 cm³/mol. The average molecular weight is 380 g/mol. The van der Waals surface area contributed by atoms with Crippen LogP contribution in [0.15, 0.2) is 21.1 Å². The van der Waals surface area contributed by atoms with Crippen molar-refractivity contribution in [1.29, 1.82) is 0 Å². The summed E-state index contributed by atoms with van der Waals surface area (Å²) in [6.45, 7) is 0. The maximum Gasteiger partial charge on any atom is 0.348 e. The van der Waals surface area contributed by atoms with Gasteiger partial charge in [-0.2, -0.15) is 0 Å². The highest BCUT2D eigenvalue weighted by atomic mass is 79.9. The molecule has 90 valence electrons. The predicted octanol–water partition coefficient (Wildman–Crippen LogP) is 4.22. The van der Waals surface area contributed by atoms with Gasteiger partial charge in [-0.1, -0.05) is 0 Å². The lowest BCUT2D eigenvalue weighted by molar-refractivity contribution is 0.0606. The van der Waals surface area contributed by atoms with E-state index in [4.69, 9.17) is 9.47 Å². The van der Waals surface area contributed by atoms with Gasteiger partial charge in [0.1, 0.15) is 10.6 Å². The molecule has 3 nitrogen and oxygen atoms in total. The van der Waals surface area contributed by atoms with Crippen LogP contribution in [0.2, 0.25) is 0 Å². The van der Waals surface area contributed by atoms with Crippen molar-refractivity contribution in [2.24, 2.45) is 0 Å². The van der Waals surface area contributed by atoms with Crippen LogP contribution >= 0.6 is 43.2 Å². The van der Waals surface area contributed by atoms with E-state index >= 15 is 0 Å². The number of hydrogen-bond donors (Lipinski definition) is 0. The molecule has 6 heteroatoms. The van der Waals surface area contributed by atoms with Gasteiger partial charge in [-0.15, -0.1) is 11.3 Å². The van der Waals surface area contributed by atoms with Crippen molar-refractivity contribution in [2.75, 3.05) is 14.2 Å². The van der Waals surface area contributed by atoms with Crippen molar-refractivity contribution >= 4 is 59.3 Å². The van der Waals surface area contributed by atoms with Gasteiger partial charge in [0.25, 0.3) is 0 Å². The molecule has 0 N–H and O–H groups in total. The number of benzene rings is 1. The van der Waals surface area contributed by atoms with Crippen LogP contribution in [0.1, 0.15) is 9.67 Å². The van der Waals surface area contributed by atoms with Crippen LogP contribution in [0.3, 0.4) is 0 Å². The number of ether oxygens (including phenoxy) is 2. The minimum atomic E-state index is -0.337. The summed E-state index contributed by atoms with van der Waals surface area (Å²) in [4.78, 5) is 12.1. The van der Waals surface area contributed by atoms with Crippen molar-refractivity contribution in [1.82, 2.24) is 0 Å². The number of carbonyl (C=O) groups is 1. The molecule has 0 aliphatic carbocycles. The highest BCUT2D eigenvalue weighted by molar-refractivity contribution is 9.11. The first-order valence-corrected chi connectivity index (χ1v) is 7.02. The Kier molecular flexibility index (Phi) is 3.75. The van der Waals surface area contributed by atoms with Crippen LogP contribution in [-0.2, 0) is 4.74 Å². The molecule has 0 atom stereocenters. The van der Waals surface area contributed by atoms with Crippen molar-refractivity contribution in [3.63, 3.8) is 0 Å². The number of methoxy groups -OCH3 is 2. The highest BCUT2D eigenvalue weighted by Crippen LogP contribution is 2.42. The lowest BCUT2D eigenvalue weighted by Gasteiger charge is -2.05. The molecule has 1 aromatic carbocycles. The molecule has 1 heterocycles. The Labute approximate surface area is 119 Å². The van der Waals surface area contributed by atoms with Gasteiger partial charge in [0, 0.05) is 9.86 Å². The molecule has 1 aromatic heterocycles. The second-order valence-electron chi connectivity index (χ2n) is 3.22. The molecule has 17 heavy (non-hydrogen) atoms. The number of fused-ring (bicyclic) bond motifs is 1. The van der Waals surface area contributed by atoms with Crippen LogP contribution in [-0.4, -0.2) is 20.2 Å². The second kappa shape index (κ2) is 4.96. The summed E-state index contributed by atoms with van der Waals surface area (Å²) in [6.07, 6.45) is 0. The van der Waals surface area contributed by atoms with Gasteiger partial charge in [-0.25, -0.2) is 4.79 Å². The Hall–Kier alpha value is -0.590. The summed E-state index contributed by atoms with van der Waals surface area (Å²) >= 11 is 8.27. The Balaban J connectivity index is 2.75. The molecule has 0 bridgehead atoms. The number of hydrogen-bond acceptors (Lipinski definition) is 4. The zero-order valence-corrected chi connectivity index (χ0v) is 13.0. The number of thiophene rings is 1. The van der Waals surface area contributed by atoms with E-state index in [1.54, 1.807) is 13.2 Å². The fraction of sp³-hybridized carbons (Fsp3) is 0.182. The second-order valence-corrected chi connectivity index (χ2v) is 5.98. The summed E-state index contributed by atoms with van der Waals surface area (Å²) in [5.41, 5.74) is 0. The van der Waals surface area contributed by atoms with Gasteiger partial charge in [-0.05, 0) is 44.0 Å². The number of halogens is 2. The summed E-state index contributed by atoms with van der Waals surface area (Å²) in [5, 5.41) is 0.888. The zero-order chi connectivity index (χ0) is 12.6. The molecular formula is C11H8Br2O3S. The molecule has 0 spiro atoms. The monoisotopic (exact) mass is 378 g/mol. The lowest BCUT2D eigenvalue weighted by atomic mass is 10.2. The minimum Gasteiger partial charge on any atom is -0.495 e. The third-order valence-electron chi connectivity index (χ3n) is 2.25. The van der Waals surface area contributed by atoms with Gasteiger partial charge in [0.05, 0.1) is 23.4 Å². The van der Waals surface area contributed by atoms with E-state index in [-0.39, 0.29) is 5.97 Å². The molecule has 0 saturated carbocycles. The van der Waals surface area contributed by atoms with Crippen LogP contribution < -0.4 is 4.74 Å². The largest absolute Gasteiger partial charge is 0.495 e. The number of carbonyl (C=O) groups excluding carboxylic acids is 1. The first-order chi connectivity index (χ1) is 8.08. The van der Waals surface area contributed by atoms with Crippen LogP contribution in [0.5, 0.6) is 5.75 Å². The molecule has 0 saturated heterocycles. The van der Waals surface area contributed by atoms with E-state index in [1.165, 1.54) is 18.4 Å². The maximum absolute atomic E-state index is 11.5. The van der Waals surface area contributed by atoms with E-state index in [1.807, 2.05) is 6.07 Å². The van der Waals surface area contributed by atoms with E-state index in [0.29, 0.717) is 4.88 Å². The fourth-order valence-corrected chi connectivity index (χ4v) is 4.09. The molecular weight excluding hydrogens is 372 g/mol. The molecule has 0 aliphatic rings. The molecule has 0 amide bonds. The topological polar surface area (TPSA) is 35.5 Å². The van der Waals surface area contributed by atoms with Crippen molar-refractivity contribution in [2.45, 2.75) is 0 Å². The quantitative estimate of drug-likeness (QED) is 0.732. The normalized spacial score (nSPS) is 10.6. The SMILES string of the molecule is COC(=O)c1cc2c(OC)c(Br)cc(Br)c2s1. The lowest BCUT2D eigenvalue weighted by Crippen LogP contribution is -1.96. The van der Waals surface area contributed by atoms with Crippen LogP contribution in [0, 0.1) is 0 Å². The Morgan fingerprint density at radius 1 is 1.24 bits per heavy atom. The Morgan fingerprint density at radius 2 is 1.94 bits per heavy atom. The third kappa shape index (κ3) is 2.21. The number of esters is 1. The molecule has 0 radical (unpaired) electrons. The smallest absolute Gasteiger partial charge is 0.348 e. The average Bonchev–Trinajstić information content (AvgIpc) is 2.73. The Bertz CT molecular complexity index is 592. The molecule has 0 aliphatic heterocycles. The van der Waals surface area contributed by atoms with E-state index in [2.05, 4.69) is 31.9 Å². The zero-order valence-electron chi connectivity index (χ0n) is 9.04. The number of rotatable bonds is 2. The molecule has 2 rings (SSSR count). The van der Waals surface area contributed by atoms with Gasteiger partial charge in [-0.3, -0.25) is 0 Å².